The Morgan fingerprint density at radius 1 is 1.27 bits per heavy atom. The van der Waals surface area contributed by atoms with Crippen molar-refractivity contribution in [1.29, 1.82) is 0 Å². The zero-order valence-electron chi connectivity index (χ0n) is 8.92. The lowest BCUT2D eigenvalue weighted by Crippen LogP contribution is -2.09. The molecule has 0 radical (unpaired) electrons. The highest BCUT2D eigenvalue weighted by Gasteiger charge is 2.11. The van der Waals surface area contributed by atoms with Gasteiger partial charge in [-0.05, 0) is 37.1 Å². The van der Waals surface area contributed by atoms with Crippen molar-refractivity contribution in [1.82, 2.24) is 0 Å². The van der Waals surface area contributed by atoms with Crippen LogP contribution in [0, 0.1) is 13.8 Å². The lowest BCUT2D eigenvalue weighted by atomic mass is 10.0. The number of aryl methyl sites for hydroxylation is 1. The van der Waals surface area contributed by atoms with E-state index in [0.29, 0.717) is 5.69 Å². The van der Waals surface area contributed by atoms with E-state index in [9.17, 15) is 9.59 Å². The second-order valence-electron chi connectivity index (χ2n) is 3.45. The average Bonchev–Trinajstić information content (AvgIpc) is 2.09. The van der Waals surface area contributed by atoms with Crippen LogP contribution in [-0.2, 0) is 4.79 Å². The zero-order chi connectivity index (χ0) is 11.6. The monoisotopic (exact) mass is 207 g/mol. The number of benzene rings is 1. The molecular formula is C11H13NO3. The molecule has 0 saturated heterocycles. The van der Waals surface area contributed by atoms with Crippen LogP contribution in [0.3, 0.4) is 0 Å². The topological polar surface area (TPSA) is 66.4 Å². The maximum atomic E-state index is 10.9. The molecule has 0 saturated carbocycles. The van der Waals surface area contributed by atoms with Crippen LogP contribution in [0.4, 0.5) is 5.69 Å². The number of aromatic carboxylic acids is 1. The quantitative estimate of drug-likeness (QED) is 0.779. The van der Waals surface area contributed by atoms with E-state index in [2.05, 4.69) is 5.32 Å². The Morgan fingerprint density at radius 3 is 2.33 bits per heavy atom. The van der Waals surface area contributed by atoms with Gasteiger partial charge in [0.05, 0.1) is 5.56 Å². The van der Waals surface area contributed by atoms with Crippen molar-refractivity contribution >= 4 is 17.6 Å². The molecule has 0 aliphatic carbocycles. The van der Waals surface area contributed by atoms with Crippen molar-refractivity contribution < 1.29 is 14.7 Å². The Morgan fingerprint density at radius 2 is 1.87 bits per heavy atom. The van der Waals surface area contributed by atoms with Crippen LogP contribution in [-0.4, -0.2) is 17.0 Å². The second-order valence-corrected chi connectivity index (χ2v) is 3.45. The van der Waals surface area contributed by atoms with Crippen molar-refractivity contribution in [3.8, 4) is 0 Å². The van der Waals surface area contributed by atoms with Crippen LogP contribution in [0.1, 0.15) is 28.4 Å². The number of hydrogen-bond acceptors (Lipinski definition) is 2. The van der Waals surface area contributed by atoms with E-state index in [1.807, 2.05) is 6.92 Å². The summed E-state index contributed by atoms with van der Waals surface area (Å²) in [6.07, 6.45) is 0. The zero-order valence-corrected chi connectivity index (χ0v) is 8.92. The van der Waals surface area contributed by atoms with Gasteiger partial charge in [0.25, 0.3) is 0 Å². The minimum atomic E-state index is -0.984. The molecular weight excluding hydrogens is 194 g/mol. The lowest BCUT2D eigenvalue weighted by molar-refractivity contribution is -0.114. The highest BCUT2D eigenvalue weighted by Crippen LogP contribution is 2.19. The van der Waals surface area contributed by atoms with Crippen LogP contribution >= 0.6 is 0 Å². The Kier molecular flexibility index (Phi) is 3.09. The van der Waals surface area contributed by atoms with Crippen LogP contribution < -0.4 is 5.32 Å². The predicted octanol–water partition coefficient (Wildman–Crippen LogP) is 1.96. The Labute approximate surface area is 87.9 Å². The minimum Gasteiger partial charge on any atom is -0.478 e. The summed E-state index contributed by atoms with van der Waals surface area (Å²) in [5.41, 5.74) is 2.30. The third-order valence-corrected chi connectivity index (χ3v) is 2.22. The van der Waals surface area contributed by atoms with Gasteiger partial charge in [0, 0.05) is 12.6 Å². The molecule has 0 aliphatic rings. The van der Waals surface area contributed by atoms with Crippen LogP contribution in [0.25, 0.3) is 0 Å². The van der Waals surface area contributed by atoms with E-state index >= 15 is 0 Å². The van der Waals surface area contributed by atoms with Gasteiger partial charge in [0.2, 0.25) is 5.91 Å². The van der Waals surface area contributed by atoms with Crippen molar-refractivity contribution in [2.75, 3.05) is 5.32 Å². The Hall–Kier alpha value is -1.84. The predicted molar refractivity (Wildman–Crippen MR) is 57.2 cm³/mol. The smallest absolute Gasteiger partial charge is 0.336 e. The highest BCUT2D eigenvalue weighted by molar-refractivity contribution is 5.94. The van der Waals surface area contributed by atoms with Gasteiger partial charge in [0.15, 0.2) is 0 Å². The van der Waals surface area contributed by atoms with E-state index < -0.39 is 5.97 Å². The van der Waals surface area contributed by atoms with Gasteiger partial charge in [-0.25, -0.2) is 4.79 Å². The summed E-state index contributed by atoms with van der Waals surface area (Å²) in [6, 6.07) is 3.22. The van der Waals surface area contributed by atoms with Crippen molar-refractivity contribution in [2.45, 2.75) is 20.8 Å². The number of carbonyl (C=O) groups excluding carboxylic acids is 1. The number of carboxylic acid groups (broad SMARTS) is 1. The van der Waals surface area contributed by atoms with Gasteiger partial charge >= 0.3 is 5.97 Å². The molecule has 0 unspecified atom stereocenters. The van der Waals surface area contributed by atoms with Gasteiger partial charge in [-0.15, -0.1) is 0 Å². The molecule has 0 bridgehead atoms. The maximum Gasteiger partial charge on any atom is 0.336 e. The van der Waals surface area contributed by atoms with E-state index in [-0.39, 0.29) is 11.5 Å². The first-order chi connectivity index (χ1) is 6.91. The van der Waals surface area contributed by atoms with Gasteiger partial charge in [-0.3, -0.25) is 4.79 Å². The first kappa shape index (κ1) is 11.2. The third kappa shape index (κ3) is 2.56. The first-order valence-corrected chi connectivity index (χ1v) is 4.54. The molecule has 1 aromatic rings. The van der Waals surface area contributed by atoms with Crippen molar-refractivity contribution in [3.63, 3.8) is 0 Å². The number of carbonyl (C=O) groups is 2. The summed E-state index contributed by atoms with van der Waals surface area (Å²) in [5.74, 6) is -1.20. The number of nitrogens with one attached hydrogen (secondary N) is 1. The maximum absolute atomic E-state index is 10.9. The number of anilines is 1. The molecule has 15 heavy (non-hydrogen) atoms. The van der Waals surface area contributed by atoms with Gasteiger partial charge in [-0.2, -0.15) is 0 Å². The summed E-state index contributed by atoms with van der Waals surface area (Å²) in [6.45, 7) is 4.94. The summed E-state index contributed by atoms with van der Waals surface area (Å²) in [5, 5.41) is 11.5. The standard InChI is InChI=1S/C11H13NO3/c1-6-4-9(12-8(3)13)5-10(7(6)2)11(14)15/h4-5H,1-3H3,(H,12,13)(H,14,15). The van der Waals surface area contributed by atoms with Crippen LogP contribution in [0.15, 0.2) is 12.1 Å². The molecule has 4 nitrogen and oxygen atoms in total. The second kappa shape index (κ2) is 4.13. The van der Waals surface area contributed by atoms with E-state index in [4.69, 9.17) is 5.11 Å². The fourth-order valence-corrected chi connectivity index (χ4v) is 1.36. The number of rotatable bonds is 2. The fourth-order valence-electron chi connectivity index (χ4n) is 1.36. The van der Waals surface area contributed by atoms with Crippen LogP contribution in [0.2, 0.25) is 0 Å². The number of carboxylic acids is 1. The molecule has 4 heteroatoms. The molecule has 0 fully saturated rings. The molecule has 1 amide bonds. The van der Waals surface area contributed by atoms with Crippen molar-refractivity contribution in [3.05, 3.63) is 28.8 Å². The summed E-state index contributed by atoms with van der Waals surface area (Å²) >= 11 is 0. The molecule has 1 aromatic carbocycles. The van der Waals surface area contributed by atoms with E-state index in [1.54, 1.807) is 13.0 Å². The molecule has 0 aliphatic heterocycles. The SMILES string of the molecule is CC(=O)Nc1cc(C)c(C)c(C(=O)O)c1. The molecule has 2 N–H and O–H groups in total. The lowest BCUT2D eigenvalue weighted by Gasteiger charge is -2.09. The number of hydrogen-bond donors (Lipinski definition) is 2. The summed E-state index contributed by atoms with van der Waals surface area (Å²) in [7, 11) is 0. The third-order valence-electron chi connectivity index (χ3n) is 2.22. The number of amides is 1. The molecule has 1 rings (SSSR count). The van der Waals surface area contributed by atoms with E-state index in [0.717, 1.165) is 11.1 Å². The largest absolute Gasteiger partial charge is 0.478 e. The summed E-state index contributed by atoms with van der Waals surface area (Å²) in [4.78, 5) is 21.7. The Balaban J connectivity index is 3.23. The van der Waals surface area contributed by atoms with Crippen molar-refractivity contribution in [2.24, 2.45) is 0 Å². The normalized spacial score (nSPS) is 9.80. The minimum absolute atomic E-state index is 0.213. The summed E-state index contributed by atoms with van der Waals surface area (Å²) < 4.78 is 0. The highest BCUT2D eigenvalue weighted by atomic mass is 16.4. The molecule has 0 aromatic heterocycles. The van der Waals surface area contributed by atoms with Crippen LogP contribution in [0.5, 0.6) is 0 Å². The fraction of sp³-hybridized carbons (Fsp3) is 0.273. The Bertz CT molecular complexity index is 424. The van der Waals surface area contributed by atoms with E-state index in [1.165, 1.54) is 13.0 Å². The van der Waals surface area contributed by atoms with Gasteiger partial charge in [0.1, 0.15) is 0 Å². The molecule has 0 heterocycles. The molecule has 0 spiro atoms. The first-order valence-electron chi connectivity index (χ1n) is 4.54. The average molecular weight is 207 g/mol. The van der Waals surface area contributed by atoms with Gasteiger partial charge in [-0.1, -0.05) is 0 Å². The van der Waals surface area contributed by atoms with Gasteiger partial charge < -0.3 is 10.4 Å². The molecule has 0 atom stereocenters. The molecule has 80 valence electrons.